The zero-order valence-corrected chi connectivity index (χ0v) is 20.1. The summed E-state index contributed by atoms with van der Waals surface area (Å²) in [5.74, 6) is -0.342. The van der Waals surface area contributed by atoms with Crippen LogP contribution in [0.25, 0.3) is 0 Å². The minimum atomic E-state index is -3.73. The van der Waals surface area contributed by atoms with Crippen LogP contribution in [0, 0.1) is 0 Å². The van der Waals surface area contributed by atoms with E-state index in [2.05, 4.69) is 26.0 Å². The molecule has 0 heterocycles. The smallest absolute Gasteiger partial charge is 0.252 e. The van der Waals surface area contributed by atoms with Gasteiger partial charge in [-0.05, 0) is 73.8 Å². The molecule has 0 aliphatic heterocycles. The number of benzene rings is 2. The predicted molar refractivity (Wildman–Crippen MR) is 122 cm³/mol. The number of hydrogen-bond acceptors (Lipinski definition) is 4. The summed E-state index contributed by atoms with van der Waals surface area (Å²) in [4.78, 5) is 12.6. The lowest BCUT2D eigenvalue weighted by Gasteiger charge is -2.20. The van der Waals surface area contributed by atoms with Crippen LogP contribution in [-0.2, 0) is 14.8 Å². The van der Waals surface area contributed by atoms with Crippen molar-refractivity contribution in [2.75, 3.05) is 13.2 Å². The van der Waals surface area contributed by atoms with Crippen LogP contribution < -0.4 is 10.0 Å². The van der Waals surface area contributed by atoms with E-state index < -0.39 is 15.6 Å². The highest BCUT2D eigenvalue weighted by Crippen LogP contribution is 2.22. The standard InChI is InChI=1S/C22H29BrN2O4S/c1-16(17-9-6-5-7-10-17)29-14-8-13-24-21(26)19-15-18(11-12-20(19)23)30(27,28)25-22(2,3)4/h5-7,9-12,15-16,25H,8,13-14H2,1-4H3,(H,24,26). The molecular formula is C22H29BrN2O4S. The van der Waals surface area contributed by atoms with Crippen LogP contribution in [0.5, 0.6) is 0 Å². The van der Waals surface area contributed by atoms with E-state index in [4.69, 9.17) is 4.74 Å². The van der Waals surface area contributed by atoms with Gasteiger partial charge in [0.2, 0.25) is 10.0 Å². The van der Waals surface area contributed by atoms with Gasteiger partial charge in [-0.25, -0.2) is 13.1 Å². The van der Waals surface area contributed by atoms with E-state index in [0.717, 1.165) is 5.56 Å². The molecule has 6 nitrogen and oxygen atoms in total. The Kier molecular flexibility index (Phi) is 8.61. The Labute approximate surface area is 187 Å². The molecule has 2 N–H and O–H groups in total. The van der Waals surface area contributed by atoms with Crippen LogP contribution >= 0.6 is 15.9 Å². The molecule has 0 spiro atoms. The third kappa shape index (κ3) is 7.50. The van der Waals surface area contributed by atoms with Gasteiger partial charge in [-0.15, -0.1) is 0 Å². The zero-order chi connectivity index (χ0) is 22.4. The molecule has 1 unspecified atom stereocenters. The van der Waals surface area contributed by atoms with Crippen molar-refractivity contribution in [3.8, 4) is 0 Å². The third-order valence-corrected chi connectivity index (χ3v) is 6.62. The topological polar surface area (TPSA) is 84.5 Å². The second-order valence-corrected chi connectivity index (χ2v) is 10.6. The second kappa shape index (κ2) is 10.5. The number of nitrogens with one attached hydrogen (secondary N) is 2. The van der Waals surface area contributed by atoms with E-state index >= 15 is 0 Å². The number of carbonyl (C=O) groups excluding carboxylic acids is 1. The molecule has 2 aromatic carbocycles. The van der Waals surface area contributed by atoms with Gasteiger partial charge in [-0.3, -0.25) is 4.79 Å². The first-order valence-electron chi connectivity index (χ1n) is 9.78. The maximum atomic E-state index is 12.6. The normalized spacial score (nSPS) is 13.1. The van der Waals surface area contributed by atoms with Gasteiger partial charge >= 0.3 is 0 Å². The van der Waals surface area contributed by atoms with E-state index in [1.807, 2.05) is 37.3 Å². The van der Waals surface area contributed by atoms with Crippen LogP contribution in [-0.4, -0.2) is 33.0 Å². The van der Waals surface area contributed by atoms with E-state index in [1.165, 1.54) is 12.1 Å². The fourth-order valence-corrected chi connectivity index (χ4v) is 4.63. The average Bonchev–Trinajstić information content (AvgIpc) is 2.66. The molecule has 0 bridgehead atoms. The third-order valence-electron chi connectivity index (χ3n) is 4.18. The molecule has 2 rings (SSSR count). The summed E-state index contributed by atoms with van der Waals surface area (Å²) in [7, 11) is -3.73. The van der Waals surface area contributed by atoms with Gasteiger partial charge in [-0.1, -0.05) is 30.3 Å². The summed E-state index contributed by atoms with van der Waals surface area (Å²) in [5.41, 5.74) is 0.753. The molecule has 0 aliphatic carbocycles. The van der Waals surface area contributed by atoms with Gasteiger partial charge < -0.3 is 10.1 Å². The number of carbonyl (C=O) groups is 1. The molecular weight excluding hydrogens is 468 g/mol. The van der Waals surface area contributed by atoms with Crippen LogP contribution in [0.2, 0.25) is 0 Å². The molecule has 0 saturated heterocycles. The van der Waals surface area contributed by atoms with Gasteiger partial charge in [0.1, 0.15) is 0 Å². The number of amides is 1. The van der Waals surface area contributed by atoms with Crippen molar-refractivity contribution in [3.63, 3.8) is 0 Å². The predicted octanol–water partition coefficient (Wildman–Crippen LogP) is 4.42. The van der Waals surface area contributed by atoms with Crippen molar-refractivity contribution in [2.24, 2.45) is 0 Å². The summed E-state index contributed by atoms with van der Waals surface area (Å²) in [6, 6.07) is 14.3. The van der Waals surface area contributed by atoms with Crippen molar-refractivity contribution in [1.82, 2.24) is 10.0 Å². The summed E-state index contributed by atoms with van der Waals surface area (Å²) in [5, 5.41) is 2.82. The van der Waals surface area contributed by atoms with Crippen molar-refractivity contribution in [2.45, 2.75) is 50.7 Å². The van der Waals surface area contributed by atoms with Crippen molar-refractivity contribution in [1.29, 1.82) is 0 Å². The van der Waals surface area contributed by atoms with Crippen LogP contribution in [0.3, 0.4) is 0 Å². The molecule has 8 heteroatoms. The van der Waals surface area contributed by atoms with E-state index in [-0.39, 0.29) is 22.5 Å². The highest BCUT2D eigenvalue weighted by atomic mass is 79.9. The van der Waals surface area contributed by atoms with Crippen LogP contribution in [0.15, 0.2) is 57.9 Å². The molecule has 30 heavy (non-hydrogen) atoms. The Morgan fingerprint density at radius 2 is 1.80 bits per heavy atom. The number of ether oxygens (including phenoxy) is 1. The first kappa shape index (κ1) is 24.5. The molecule has 0 aromatic heterocycles. The fourth-order valence-electron chi connectivity index (χ4n) is 2.76. The number of sulfonamides is 1. The minimum absolute atomic E-state index is 0.0201. The Balaban J connectivity index is 1.91. The lowest BCUT2D eigenvalue weighted by atomic mass is 10.1. The van der Waals surface area contributed by atoms with Crippen LogP contribution in [0.4, 0.5) is 0 Å². The van der Waals surface area contributed by atoms with Gasteiger partial charge in [0.05, 0.1) is 16.6 Å². The Hall–Kier alpha value is -1.74. The quantitative estimate of drug-likeness (QED) is 0.503. The zero-order valence-electron chi connectivity index (χ0n) is 17.7. The molecule has 0 aliphatic rings. The highest BCUT2D eigenvalue weighted by Gasteiger charge is 2.23. The summed E-state index contributed by atoms with van der Waals surface area (Å²) in [6.45, 7) is 8.20. The molecule has 164 valence electrons. The van der Waals surface area contributed by atoms with E-state index in [1.54, 1.807) is 26.8 Å². The molecule has 0 fully saturated rings. The van der Waals surface area contributed by atoms with E-state index in [9.17, 15) is 13.2 Å². The summed E-state index contributed by atoms with van der Waals surface area (Å²) >= 11 is 3.33. The SMILES string of the molecule is CC(OCCCNC(=O)c1cc(S(=O)(=O)NC(C)(C)C)ccc1Br)c1ccccc1. The molecule has 0 saturated carbocycles. The first-order chi connectivity index (χ1) is 14.0. The largest absolute Gasteiger partial charge is 0.374 e. The second-order valence-electron chi connectivity index (χ2n) is 8.03. The Morgan fingerprint density at radius 3 is 2.43 bits per heavy atom. The number of hydrogen-bond donors (Lipinski definition) is 2. The summed E-state index contributed by atoms with van der Waals surface area (Å²) in [6.07, 6.45) is 0.623. The Morgan fingerprint density at radius 1 is 1.13 bits per heavy atom. The van der Waals surface area contributed by atoms with Crippen molar-refractivity contribution in [3.05, 3.63) is 64.1 Å². The maximum absolute atomic E-state index is 12.6. The number of rotatable bonds is 9. The van der Waals surface area contributed by atoms with Gasteiger partial charge in [0.15, 0.2) is 0 Å². The number of halogens is 1. The molecule has 2 aromatic rings. The highest BCUT2D eigenvalue weighted by molar-refractivity contribution is 9.10. The minimum Gasteiger partial charge on any atom is -0.374 e. The van der Waals surface area contributed by atoms with Crippen molar-refractivity contribution < 1.29 is 17.9 Å². The lowest BCUT2D eigenvalue weighted by Crippen LogP contribution is -2.40. The van der Waals surface area contributed by atoms with Crippen LogP contribution in [0.1, 0.15) is 56.1 Å². The van der Waals surface area contributed by atoms with Crippen molar-refractivity contribution >= 4 is 31.9 Å². The molecule has 1 atom stereocenters. The fraction of sp³-hybridized carbons (Fsp3) is 0.409. The monoisotopic (exact) mass is 496 g/mol. The average molecular weight is 497 g/mol. The van der Waals surface area contributed by atoms with Gasteiger partial charge in [0, 0.05) is 23.2 Å². The molecule has 0 radical (unpaired) electrons. The summed E-state index contributed by atoms with van der Waals surface area (Å²) < 4.78 is 34.0. The Bertz CT molecular complexity index is 957. The van der Waals surface area contributed by atoms with Gasteiger partial charge in [-0.2, -0.15) is 0 Å². The maximum Gasteiger partial charge on any atom is 0.252 e. The molecule has 1 amide bonds. The first-order valence-corrected chi connectivity index (χ1v) is 12.1. The van der Waals surface area contributed by atoms with Gasteiger partial charge in [0.25, 0.3) is 5.91 Å². The van der Waals surface area contributed by atoms with E-state index in [0.29, 0.717) is 24.0 Å². The lowest BCUT2D eigenvalue weighted by molar-refractivity contribution is 0.0635.